The molecule has 2 aromatic rings. The highest BCUT2D eigenvalue weighted by Crippen LogP contribution is 2.13. The van der Waals surface area contributed by atoms with Crippen LogP contribution >= 0.6 is 0 Å². The van der Waals surface area contributed by atoms with Crippen molar-refractivity contribution >= 4 is 17.4 Å². The molecule has 0 radical (unpaired) electrons. The summed E-state index contributed by atoms with van der Waals surface area (Å²) < 4.78 is 4.89. The maximum Gasteiger partial charge on any atom is 0.417 e. The van der Waals surface area contributed by atoms with E-state index in [1.165, 1.54) is 0 Å². The molecule has 0 spiro atoms. The Labute approximate surface area is 91.7 Å². The molecule has 0 aliphatic carbocycles. The summed E-state index contributed by atoms with van der Waals surface area (Å²) in [7, 11) is 1.86. The number of nitrogens with zero attached hydrogens (tertiary/aromatic N) is 1. The van der Waals surface area contributed by atoms with Gasteiger partial charge >= 0.3 is 5.76 Å². The van der Waals surface area contributed by atoms with Gasteiger partial charge in [-0.3, -0.25) is 9.88 Å². The third-order valence-corrected chi connectivity index (χ3v) is 2.32. The van der Waals surface area contributed by atoms with Gasteiger partial charge in [0, 0.05) is 6.54 Å². The van der Waals surface area contributed by atoms with Gasteiger partial charge in [0.05, 0.1) is 12.1 Å². The van der Waals surface area contributed by atoms with Crippen molar-refractivity contribution in [3.63, 3.8) is 0 Å². The fraction of sp³-hybridized carbons (Fsp3) is 0.273. The largest absolute Gasteiger partial charge is 0.417 e. The Balaban J connectivity index is 2.25. The summed E-state index contributed by atoms with van der Waals surface area (Å²) in [5.74, 6) is -0.451. The van der Waals surface area contributed by atoms with Crippen LogP contribution in [0.15, 0.2) is 27.4 Å². The number of aldehydes is 1. The van der Waals surface area contributed by atoms with E-state index in [1.807, 2.05) is 24.1 Å². The zero-order valence-corrected chi connectivity index (χ0v) is 8.90. The fourth-order valence-corrected chi connectivity index (χ4v) is 1.60. The minimum atomic E-state index is -0.451. The summed E-state index contributed by atoms with van der Waals surface area (Å²) in [4.78, 5) is 25.7. The van der Waals surface area contributed by atoms with Crippen LogP contribution in [0.1, 0.15) is 5.56 Å². The first kappa shape index (κ1) is 10.6. The molecule has 84 valence electrons. The van der Waals surface area contributed by atoms with E-state index in [0.717, 1.165) is 11.8 Å². The van der Waals surface area contributed by atoms with Crippen LogP contribution in [0.2, 0.25) is 0 Å². The van der Waals surface area contributed by atoms with E-state index in [9.17, 15) is 9.59 Å². The number of hydrogen-bond acceptors (Lipinski definition) is 4. The summed E-state index contributed by atoms with van der Waals surface area (Å²) in [5.41, 5.74) is 2.25. The number of hydrogen-bond donors (Lipinski definition) is 1. The normalized spacial score (nSPS) is 11.1. The van der Waals surface area contributed by atoms with Gasteiger partial charge in [-0.25, -0.2) is 4.79 Å². The van der Waals surface area contributed by atoms with E-state index < -0.39 is 5.76 Å². The average molecular weight is 220 g/mol. The van der Waals surface area contributed by atoms with Gasteiger partial charge in [0.15, 0.2) is 5.58 Å². The number of carbonyl (C=O) groups excluding carboxylic acids is 1. The Morgan fingerprint density at radius 3 is 3.06 bits per heavy atom. The number of aromatic amines is 1. The van der Waals surface area contributed by atoms with Crippen LogP contribution in [0.25, 0.3) is 11.1 Å². The first-order chi connectivity index (χ1) is 7.69. The van der Waals surface area contributed by atoms with Crippen molar-refractivity contribution in [1.82, 2.24) is 9.88 Å². The maximum atomic E-state index is 10.9. The number of aromatic nitrogens is 1. The maximum absolute atomic E-state index is 10.9. The number of carbonyl (C=O) groups is 1. The van der Waals surface area contributed by atoms with Gasteiger partial charge in [0.1, 0.15) is 6.29 Å². The van der Waals surface area contributed by atoms with Crippen LogP contribution in [0.4, 0.5) is 0 Å². The number of H-pyrrole nitrogens is 1. The summed E-state index contributed by atoms with van der Waals surface area (Å²) in [6.45, 7) is 1.04. The zero-order chi connectivity index (χ0) is 11.5. The van der Waals surface area contributed by atoms with Gasteiger partial charge < -0.3 is 9.21 Å². The van der Waals surface area contributed by atoms with Crippen LogP contribution in [0.5, 0.6) is 0 Å². The lowest BCUT2D eigenvalue weighted by Crippen LogP contribution is -2.19. The SMILES string of the molecule is CN(CC=O)Cc1ccc2oc(=O)[nH]c2c1. The molecular formula is C11H12N2O3. The van der Waals surface area contributed by atoms with Crippen LogP contribution in [-0.4, -0.2) is 29.8 Å². The van der Waals surface area contributed by atoms with Gasteiger partial charge in [-0.1, -0.05) is 6.07 Å². The fourth-order valence-electron chi connectivity index (χ4n) is 1.60. The standard InChI is InChI=1S/C11H12N2O3/c1-13(4-5-14)7-8-2-3-10-9(6-8)12-11(15)16-10/h2-3,5-6H,4,7H2,1H3,(H,12,15). The number of nitrogens with one attached hydrogen (secondary N) is 1. The second-order valence-corrected chi connectivity index (χ2v) is 3.71. The number of benzene rings is 1. The minimum absolute atomic E-state index is 0.389. The molecule has 16 heavy (non-hydrogen) atoms. The van der Waals surface area contributed by atoms with Gasteiger partial charge in [-0.2, -0.15) is 0 Å². The predicted octanol–water partition coefficient (Wildman–Crippen LogP) is 0.752. The second kappa shape index (κ2) is 4.32. The molecule has 5 heteroatoms. The molecule has 0 amide bonds. The Morgan fingerprint density at radius 1 is 1.50 bits per heavy atom. The third kappa shape index (κ3) is 2.20. The monoisotopic (exact) mass is 220 g/mol. The molecule has 0 saturated carbocycles. The molecule has 0 bridgehead atoms. The van der Waals surface area contributed by atoms with E-state index in [-0.39, 0.29) is 0 Å². The number of rotatable bonds is 4. The quantitative estimate of drug-likeness (QED) is 0.772. The lowest BCUT2D eigenvalue weighted by Gasteiger charge is -2.12. The molecule has 2 rings (SSSR count). The van der Waals surface area contributed by atoms with Crippen LogP contribution < -0.4 is 5.76 Å². The molecule has 1 aromatic heterocycles. The molecule has 1 heterocycles. The minimum Gasteiger partial charge on any atom is -0.408 e. The Morgan fingerprint density at radius 2 is 2.31 bits per heavy atom. The lowest BCUT2D eigenvalue weighted by atomic mass is 10.2. The molecule has 5 nitrogen and oxygen atoms in total. The zero-order valence-electron chi connectivity index (χ0n) is 8.90. The van der Waals surface area contributed by atoms with Crippen molar-refractivity contribution in [2.24, 2.45) is 0 Å². The third-order valence-electron chi connectivity index (χ3n) is 2.32. The first-order valence-electron chi connectivity index (χ1n) is 4.93. The van der Waals surface area contributed by atoms with Crippen molar-refractivity contribution in [3.05, 3.63) is 34.3 Å². The van der Waals surface area contributed by atoms with Crippen molar-refractivity contribution in [1.29, 1.82) is 0 Å². The molecule has 0 aliphatic heterocycles. The van der Waals surface area contributed by atoms with E-state index >= 15 is 0 Å². The average Bonchev–Trinajstić information content (AvgIpc) is 2.57. The molecule has 1 N–H and O–H groups in total. The predicted molar refractivity (Wildman–Crippen MR) is 59.2 cm³/mol. The van der Waals surface area contributed by atoms with Gasteiger partial charge in [-0.15, -0.1) is 0 Å². The highest BCUT2D eigenvalue weighted by atomic mass is 16.4. The molecule has 0 atom stereocenters. The first-order valence-corrected chi connectivity index (χ1v) is 4.93. The van der Waals surface area contributed by atoms with Gasteiger partial charge in [0.25, 0.3) is 0 Å². The van der Waals surface area contributed by atoms with E-state index in [2.05, 4.69) is 4.98 Å². The molecule has 0 fully saturated rings. The highest BCUT2D eigenvalue weighted by Gasteiger charge is 2.04. The van der Waals surface area contributed by atoms with Crippen LogP contribution in [0, 0.1) is 0 Å². The van der Waals surface area contributed by atoms with Crippen LogP contribution in [-0.2, 0) is 11.3 Å². The van der Waals surface area contributed by atoms with E-state index in [4.69, 9.17) is 4.42 Å². The van der Waals surface area contributed by atoms with E-state index in [0.29, 0.717) is 24.2 Å². The highest BCUT2D eigenvalue weighted by molar-refractivity contribution is 5.72. The lowest BCUT2D eigenvalue weighted by molar-refractivity contribution is -0.108. The number of likely N-dealkylation sites (N-methyl/N-ethyl adjacent to an activating group) is 1. The van der Waals surface area contributed by atoms with E-state index in [1.54, 1.807) is 6.07 Å². The Bertz CT molecular complexity index is 556. The smallest absolute Gasteiger partial charge is 0.408 e. The molecule has 1 aromatic carbocycles. The Hall–Kier alpha value is -1.88. The van der Waals surface area contributed by atoms with Crippen molar-refractivity contribution < 1.29 is 9.21 Å². The van der Waals surface area contributed by atoms with Crippen molar-refractivity contribution in [2.75, 3.05) is 13.6 Å². The topological polar surface area (TPSA) is 66.3 Å². The molecule has 0 saturated heterocycles. The molecule has 0 aliphatic rings. The summed E-state index contributed by atoms with van der Waals surface area (Å²) in [5, 5.41) is 0. The second-order valence-electron chi connectivity index (χ2n) is 3.71. The van der Waals surface area contributed by atoms with Crippen molar-refractivity contribution in [2.45, 2.75) is 6.54 Å². The van der Waals surface area contributed by atoms with Crippen molar-refractivity contribution in [3.8, 4) is 0 Å². The number of oxazole rings is 1. The van der Waals surface area contributed by atoms with Gasteiger partial charge in [0.2, 0.25) is 0 Å². The summed E-state index contributed by atoms with van der Waals surface area (Å²) in [6, 6.07) is 5.47. The van der Waals surface area contributed by atoms with Gasteiger partial charge in [-0.05, 0) is 24.7 Å². The summed E-state index contributed by atoms with van der Waals surface area (Å²) >= 11 is 0. The Kier molecular flexibility index (Phi) is 2.87. The van der Waals surface area contributed by atoms with Crippen LogP contribution in [0.3, 0.4) is 0 Å². The molecule has 0 unspecified atom stereocenters. The summed E-state index contributed by atoms with van der Waals surface area (Å²) in [6.07, 6.45) is 0.859. The molecular weight excluding hydrogens is 208 g/mol. The number of fused-ring (bicyclic) bond motifs is 1.